The summed E-state index contributed by atoms with van der Waals surface area (Å²) in [5, 5.41) is 2.90. The number of amides is 2. The van der Waals surface area contributed by atoms with Gasteiger partial charge in [-0.1, -0.05) is 30.3 Å². The maximum atomic E-state index is 13.5. The van der Waals surface area contributed by atoms with E-state index in [0.717, 1.165) is 11.3 Å². The number of nitrogens with one attached hydrogen (secondary N) is 1. The van der Waals surface area contributed by atoms with Crippen LogP contribution in [0.15, 0.2) is 84.2 Å². The van der Waals surface area contributed by atoms with E-state index >= 15 is 0 Å². The average Bonchev–Trinajstić information content (AvgIpc) is 2.92. The number of carbonyl (C=O) groups is 3. The number of nitrogens with zero attached hydrogens (tertiary/aromatic N) is 2. The Morgan fingerprint density at radius 1 is 1.11 bits per heavy atom. The van der Waals surface area contributed by atoms with Crippen molar-refractivity contribution < 1.29 is 23.5 Å². The molecule has 3 aromatic rings. The van der Waals surface area contributed by atoms with Crippen molar-refractivity contribution in [3.63, 3.8) is 0 Å². The summed E-state index contributed by atoms with van der Waals surface area (Å²) in [6.07, 6.45) is 2.38. The van der Waals surface area contributed by atoms with Crippen LogP contribution >= 0.6 is 0 Å². The SMILES string of the molecule is CCOC(=O)C1=C(C)N(Cc2cccc(C(=O)NCCc3ccccn3)c2)C(=O)CC1c1ccc(F)cc1. The third-order valence-electron chi connectivity index (χ3n) is 6.51. The van der Waals surface area contributed by atoms with Crippen molar-refractivity contribution in [1.82, 2.24) is 15.2 Å². The molecule has 0 fully saturated rings. The second-order valence-corrected chi connectivity index (χ2v) is 9.04. The molecule has 7 nitrogen and oxygen atoms in total. The zero-order valence-corrected chi connectivity index (χ0v) is 21.4. The Balaban J connectivity index is 1.53. The van der Waals surface area contributed by atoms with Crippen LogP contribution in [0.4, 0.5) is 4.39 Å². The van der Waals surface area contributed by atoms with E-state index < -0.39 is 17.7 Å². The van der Waals surface area contributed by atoms with Crippen molar-refractivity contribution in [3.8, 4) is 0 Å². The van der Waals surface area contributed by atoms with Gasteiger partial charge < -0.3 is 15.0 Å². The third kappa shape index (κ3) is 6.32. The van der Waals surface area contributed by atoms with Crippen molar-refractivity contribution in [2.45, 2.75) is 39.2 Å². The number of rotatable bonds is 9. The van der Waals surface area contributed by atoms with Crippen LogP contribution in [-0.2, 0) is 27.3 Å². The van der Waals surface area contributed by atoms with Crippen LogP contribution in [-0.4, -0.2) is 40.8 Å². The van der Waals surface area contributed by atoms with Gasteiger partial charge in [-0.3, -0.25) is 14.6 Å². The molecule has 0 radical (unpaired) electrons. The summed E-state index contributed by atoms with van der Waals surface area (Å²) >= 11 is 0. The monoisotopic (exact) mass is 515 g/mol. The summed E-state index contributed by atoms with van der Waals surface area (Å²) in [6, 6.07) is 18.5. The molecule has 0 saturated heterocycles. The number of allylic oxidation sites excluding steroid dienone is 1. The number of esters is 1. The number of aromatic nitrogens is 1. The molecule has 1 atom stereocenters. The molecule has 1 unspecified atom stereocenters. The standard InChI is InChI=1S/C30H30FN3O4/c1-3-38-30(37)28-20(2)34(27(35)18-26(28)22-10-12-24(31)13-11-22)19-21-7-6-8-23(17-21)29(36)33-16-14-25-9-4-5-15-32-25/h4-13,15,17,26H,3,14,16,18-19H2,1-2H3,(H,33,36). The lowest BCUT2D eigenvalue weighted by Crippen LogP contribution is -2.38. The summed E-state index contributed by atoms with van der Waals surface area (Å²) in [5.74, 6) is -1.82. The van der Waals surface area contributed by atoms with Gasteiger partial charge in [0.2, 0.25) is 5.91 Å². The fraction of sp³-hybridized carbons (Fsp3) is 0.267. The van der Waals surface area contributed by atoms with Crippen LogP contribution < -0.4 is 5.32 Å². The first-order valence-electron chi connectivity index (χ1n) is 12.6. The highest BCUT2D eigenvalue weighted by molar-refractivity contribution is 5.96. The first kappa shape index (κ1) is 26.7. The molecule has 8 heteroatoms. The molecule has 1 aliphatic rings. The summed E-state index contributed by atoms with van der Waals surface area (Å²) in [7, 11) is 0. The Kier molecular flexibility index (Phi) is 8.63. The molecule has 2 heterocycles. The molecule has 0 aliphatic carbocycles. The molecule has 0 bridgehead atoms. The molecule has 1 N–H and O–H groups in total. The minimum Gasteiger partial charge on any atom is -0.463 e. The van der Waals surface area contributed by atoms with Crippen LogP contribution in [0.3, 0.4) is 0 Å². The quantitative estimate of drug-likeness (QED) is 0.423. The molecular formula is C30H30FN3O4. The summed E-state index contributed by atoms with van der Waals surface area (Å²) in [4.78, 5) is 44.8. The molecule has 0 spiro atoms. The number of benzene rings is 2. The normalized spacial score (nSPS) is 15.4. The number of halogens is 1. The van der Waals surface area contributed by atoms with E-state index in [1.54, 1.807) is 55.3 Å². The molecule has 1 aromatic heterocycles. The van der Waals surface area contributed by atoms with Crippen LogP contribution in [0.5, 0.6) is 0 Å². The van der Waals surface area contributed by atoms with Crippen LogP contribution in [0.25, 0.3) is 0 Å². The Morgan fingerprint density at radius 3 is 2.61 bits per heavy atom. The van der Waals surface area contributed by atoms with Gasteiger partial charge >= 0.3 is 5.97 Å². The summed E-state index contributed by atoms with van der Waals surface area (Å²) in [5.41, 5.74) is 3.65. The number of hydrogen-bond donors (Lipinski definition) is 1. The van der Waals surface area contributed by atoms with Crippen LogP contribution in [0, 0.1) is 5.82 Å². The van der Waals surface area contributed by atoms with Gasteiger partial charge in [0.1, 0.15) is 5.82 Å². The largest absolute Gasteiger partial charge is 0.463 e. The third-order valence-corrected chi connectivity index (χ3v) is 6.51. The van der Waals surface area contributed by atoms with Crippen molar-refractivity contribution in [1.29, 1.82) is 0 Å². The van der Waals surface area contributed by atoms with Crippen molar-refractivity contribution in [2.75, 3.05) is 13.2 Å². The maximum Gasteiger partial charge on any atom is 0.336 e. The molecule has 196 valence electrons. The van der Waals surface area contributed by atoms with Gasteiger partial charge in [0.15, 0.2) is 0 Å². The van der Waals surface area contributed by atoms with E-state index in [2.05, 4.69) is 10.3 Å². The summed E-state index contributed by atoms with van der Waals surface area (Å²) < 4.78 is 18.8. The maximum absolute atomic E-state index is 13.5. The van der Waals surface area contributed by atoms with E-state index in [1.165, 1.54) is 12.1 Å². The van der Waals surface area contributed by atoms with Gasteiger partial charge in [-0.05, 0) is 61.4 Å². The first-order chi connectivity index (χ1) is 18.4. The summed E-state index contributed by atoms with van der Waals surface area (Å²) in [6.45, 7) is 4.27. The van der Waals surface area contributed by atoms with Gasteiger partial charge in [0.05, 0.1) is 18.7 Å². The van der Waals surface area contributed by atoms with Crippen LogP contribution in [0.1, 0.15) is 53.4 Å². The second-order valence-electron chi connectivity index (χ2n) is 9.04. The highest BCUT2D eigenvalue weighted by Gasteiger charge is 2.37. The minimum atomic E-state index is -0.533. The highest BCUT2D eigenvalue weighted by atomic mass is 19.1. The van der Waals surface area contributed by atoms with Gasteiger partial charge in [-0.15, -0.1) is 0 Å². The molecular weight excluding hydrogens is 485 g/mol. The topological polar surface area (TPSA) is 88.6 Å². The lowest BCUT2D eigenvalue weighted by Gasteiger charge is -2.34. The Hall–Kier alpha value is -4.33. The van der Waals surface area contributed by atoms with Crippen molar-refractivity contribution >= 4 is 17.8 Å². The average molecular weight is 516 g/mol. The Bertz CT molecular complexity index is 1340. The fourth-order valence-electron chi connectivity index (χ4n) is 4.60. The van der Waals surface area contributed by atoms with E-state index in [1.807, 2.05) is 24.3 Å². The number of pyridine rings is 1. The molecule has 38 heavy (non-hydrogen) atoms. The molecule has 4 rings (SSSR count). The molecule has 2 aromatic carbocycles. The number of ether oxygens (including phenoxy) is 1. The number of hydrogen-bond acceptors (Lipinski definition) is 5. The zero-order chi connectivity index (χ0) is 27.1. The Labute approximate surface area is 221 Å². The van der Waals surface area contributed by atoms with Gasteiger partial charge in [0.25, 0.3) is 5.91 Å². The van der Waals surface area contributed by atoms with Gasteiger partial charge in [0, 0.05) is 48.5 Å². The van der Waals surface area contributed by atoms with Gasteiger partial charge in [-0.25, -0.2) is 9.18 Å². The van der Waals surface area contributed by atoms with Crippen LogP contribution in [0.2, 0.25) is 0 Å². The van der Waals surface area contributed by atoms with Gasteiger partial charge in [-0.2, -0.15) is 0 Å². The molecule has 0 saturated carbocycles. The van der Waals surface area contributed by atoms with E-state index in [9.17, 15) is 18.8 Å². The first-order valence-corrected chi connectivity index (χ1v) is 12.6. The molecule has 2 amide bonds. The minimum absolute atomic E-state index is 0.0464. The molecule has 1 aliphatic heterocycles. The smallest absolute Gasteiger partial charge is 0.336 e. The Morgan fingerprint density at radius 2 is 1.89 bits per heavy atom. The predicted molar refractivity (Wildman–Crippen MR) is 140 cm³/mol. The van der Waals surface area contributed by atoms with Crippen molar-refractivity contribution in [2.24, 2.45) is 0 Å². The fourth-order valence-corrected chi connectivity index (χ4v) is 4.60. The van der Waals surface area contributed by atoms with Crippen molar-refractivity contribution in [3.05, 3.63) is 112 Å². The van der Waals surface area contributed by atoms with E-state index in [0.29, 0.717) is 35.4 Å². The zero-order valence-electron chi connectivity index (χ0n) is 21.4. The van der Waals surface area contributed by atoms with E-state index in [-0.39, 0.29) is 31.4 Å². The number of carbonyl (C=O) groups excluding carboxylic acids is 3. The second kappa shape index (κ2) is 12.3. The highest BCUT2D eigenvalue weighted by Crippen LogP contribution is 2.37. The predicted octanol–water partition coefficient (Wildman–Crippen LogP) is 4.55. The van der Waals surface area contributed by atoms with E-state index in [4.69, 9.17) is 4.74 Å². The lowest BCUT2D eigenvalue weighted by molar-refractivity contribution is -0.140. The lowest BCUT2D eigenvalue weighted by atomic mass is 9.83.